The first kappa shape index (κ1) is 16.3. The summed E-state index contributed by atoms with van der Waals surface area (Å²) in [6.07, 6.45) is 3.31. The largest absolute Gasteiger partial charge is 0.308 e. The summed E-state index contributed by atoms with van der Waals surface area (Å²) < 4.78 is 28.5. The van der Waals surface area contributed by atoms with E-state index in [2.05, 4.69) is 15.0 Å². The molecule has 0 N–H and O–H groups in total. The number of nitrogens with zero attached hydrogens (tertiary/aromatic N) is 4. The fourth-order valence-electron chi connectivity index (χ4n) is 2.44. The van der Waals surface area contributed by atoms with Gasteiger partial charge in [0.05, 0.1) is 6.54 Å². The number of pyridine rings is 1. The highest BCUT2D eigenvalue weighted by atomic mass is 19.1. The third-order valence-corrected chi connectivity index (χ3v) is 3.69. The van der Waals surface area contributed by atoms with Crippen LogP contribution < -0.4 is 0 Å². The van der Waals surface area contributed by atoms with Gasteiger partial charge in [-0.1, -0.05) is 0 Å². The number of benzene rings is 1. The maximum atomic E-state index is 13.5. The van der Waals surface area contributed by atoms with Gasteiger partial charge in [0, 0.05) is 36.1 Å². The lowest BCUT2D eigenvalue weighted by molar-refractivity contribution is 0.373. The first-order valence-corrected chi connectivity index (χ1v) is 7.63. The van der Waals surface area contributed by atoms with Crippen molar-refractivity contribution in [2.24, 2.45) is 0 Å². The molecule has 0 saturated carbocycles. The zero-order valence-electron chi connectivity index (χ0n) is 13.6. The molecule has 2 heterocycles. The van der Waals surface area contributed by atoms with Crippen molar-refractivity contribution in [2.75, 3.05) is 20.6 Å². The molecule has 0 fully saturated rings. The number of likely N-dealkylation sites (N-methyl/N-ethyl adjacent to an activating group) is 1. The fraction of sp³-hybridized carbons (Fsp3) is 0.222. The van der Waals surface area contributed by atoms with Crippen LogP contribution in [0, 0.1) is 11.8 Å². The van der Waals surface area contributed by atoms with E-state index in [1.165, 1.54) is 24.4 Å². The van der Waals surface area contributed by atoms with Crippen LogP contribution in [-0.2, 0) is 6.54 Å². The molecule has 3 aromatic rings. The highest BCUT2D eigenvalue weighted by Gasteiger charge is 2.14. The van der Waals surface area contributed by atoms with Gasteiger partial charge in [-0.2, -0.15) is 9.49 Å². The minimum atomic E-state index is -0.543. The van der Waals surface area contributed by atoms with Crippen LogP contribution in [0.25, 0.3) is 22.4 Å². The minimum absolute atomic E-state index is 0.303. The Hall–Kier alpha value is -2.60. The van der Waals surface area contributed by atoms with Crippen molar-refractivity contribution in [3.05, 3.63) is 60.6 Å². The molecule has 3 rings (SSSR count). The van der Waals surface area contributed by atoms with E-state index >= 15 is 0 Å². The molecular formula is C18H18F2N4. The predicted octanol–water partition coefficient (Wildman–Crippen LogP) is 3.45. The molecule has 2 aromatic heterocycles. The molecule has 0 amide bonds. The van der Waals surface area contributed by atoms with E-state index in [0.29, 0.717) is 17.8 Å². The molecule has 0 saturated heterocycles. The van der Waals surface area contributed by atoms with Crippen LogP contribution >= 0.6 is 0 Å². The summed E-state index contributed by atoms with van der Waals surface area (Å²) in [5.41, 5.74) is 2.96. The van der Waals surface area contributed by atoms with E-state index in [-0.39, 0.29) is 5.82 Å². The van der Waals surface area contributed by atoms with Crippen LogP contribution in [-0.4, -0.2) is 40.3 Å². The standard InChI is InChI=1S/C18H18F2N4/c1-23(2)9-10-24-12-16(14-7-8-21-17(20)11-14)18(22-24)13-3-5-15(19)6-4-13/h3-8,11-12H,9-10H2,1-2H3. The topological polar surface area (TPSA) is 34.0 Å². The first-order chi connectivity index (χ1) is 11.5. The molecule has 0 aliphatic heterocycles. The van der Waals surface area contributed by atoms with Crippen LogP contribution in [0.4, 0.5) is 8.78 Å². The normalized spacial score (nSPS) is 11.2. The Morgan fingerprint density at radius 1 is 1.04 bits per heavy atom. The van der Waals surface area contributed by atoms with Gasteiger partial charge in [0.15, 0.2) is 0 Å². The average molecular weight is 328 g/mol. The SMILES string of the molecule is CN(C)CCn1cc(-c2ccnc(F)c2)c(-c2ccc(F)cc2)n1. The second kappa shape index (κ2) is 6.88. The Balaban J connectivity index is 2.06. The number of rotatable bonds is 5. The molecular weight excluding hydrogens is 310 g/mol. The molecule has 24 heavy (non-hydrogen) atoms. The lowest BCUT2D eigenvalue weighted by Crippen LogP contribution is -2.18. The number of halogens is 2. The quantitative estimate of drug-likeness (QED) is 0.673. The smallest absolute Gasteiger partial charge is 0.213 e. The van der Waals surface area contributed by atoms with E-state index in [1.54, 1.807) is 18.2 Å². The van der Waals surface area contributed by atoms with Crippen molar-refractivity contribution in [2.45, 2.75) is 6.54 Å². The molecule has 0 radical (unpaired) electrons. The fourth-order valence-corrected chi connectivity index (χ4v) is 2.44. The third kappa shape index (κ3) is 3.65. The van der Waals surface area contributed by atoms with Crippen LogP contribution in [0.5, 0.6) is 0 Å². The zero-order chi connectivity index (χ0) is 17.1. The van der Waals surface area contributed by atoms with Gasteiger partial charge in [-0.15, -0.1) is 0 Å². The van der Waals surface area contributed by atoms with Gasteiger partial charge < -0.3 is 4.90 Å². The van der Waals surface area contributed by atoms with Crippen LogP contribution in [0.1, 0.15) is 0 Å². The zero-order valence-corrected chi connectivity index (χ0v) is 13.6. The van der Waals surface area contributed by atoms with Crippen LogP contribution in [0.15, 0.2) is 48.8 Å². The Morgan fingerprint density at radius 2 is 1.79 bits per heavy atom. The Morgan fingerprint density at radius 3 is 2.46 bits per heavy atom. The molecule has 0 spiro atoms. The van der Waals surface area contributed by atoms with Crippen molar-refractivity contribution in [3.63, 3.8) is 0 Å². The summed E-state index contributed by atoms with van der Waals surface area (Å²) in [4.78, 5) is 5.66. The second-order valence-corrected chi connectivity index (χ2v) is 5.83. The Kier molecular flexibility index (Phi) is 4.66. The maximum absolute atomic E-state index is 13.5. The van der Waals surface area contributed by atoms with E-state index in [4.69, 9.17) is 0 Å². The molecule has 6 heteroatoms. The minimum Gasteiger partial charge on any atom is -0.308 e. The van der Waals surface area contributed by atoms with E-state index in [9.17, 15) is 8.78 Å². The molecule has 1 aromatic carbocycles. The number of hydrogen-bond donors (Lipinski definition) is 0. The second-order valence-electron chi connectivity index (χ2n) is 5.83. The Bertz CT molecular complexity index is 825. The van der Waals surface area contributed by atoms with Crippen molar-refractivity contribution in [1.82, 2.24) is 19.7 Å². The highest BCUT2D eigenvalue weighted by molar-refractivity contribution is 5.80. The molecule has 0 aliphatic carbocycles. The van der Waals surface area contributed by atoms with Crippen LogP contribution in [0.2, 0.25) is 0 Å². The van der Waals surface area contributed by atoms with Gasteiger partial charge in [-0.05, 0) is 50.0 Å². The van der Waals surface area contributed by atoms with Crippen molar-refractivity contribution in [1.29, 1.82) is 0 Å². The van der Waals surface area contributed by atoms with Crippen molar-refractivity contribution in [3.8, 4) is 22.4 Å². The van der Waals surface area contributed by atoms with Gasteiger partial charge in [-0.3, -0.25) is 4.68 Å². The van der Waals surface area contributed by atoms with E-state index in [1.807, 2.05) is 25.0 Å². The summed E-state index contributed by atoms with van der Waals surface area (Å²) in [6.45, 7) is 1.53. The molecule has 124 valence electrons. The van der Waals surface area contributed by atoms with Gasteiger partial charge in [0.25, 0.3) is 0 Å². The molecule has 0 unspecified atom stereocenters. The van der Waals surface area contributed by atoms with Crippen molar-refractivity contribution >= 4 is 0 Å². The molecule has 4 nitrogen and oxygen atoms in total. The van der Waals surface area contributed by atoms with Gasteiger partial charge >= 0.3 is 0 Å². The maximum Gasteiger partial charge on any atom is 0.213 e. The first-order valence-electron chi connectivity index (χ1n) is 7.63. The third-order valence-electron chi connectivity index (χ3n) is 3.69. The lowest BCUT2D eigenvalue weighted by atomic mass is 10.0. The summed E-state index contributed by atoms with van der Waals surface area (Å²) in [6, 6.07) is 9.25. The summed E-state index contributed by atoms with van der Waals surface area (Å²) in [5, 5.41) is 4.61. The Labute approximate surface area is 139 Å². The van der Waals surface area contributed by atoms with Crippen LogP contribution in [0.3, 0.4) is 0 Å². The van der Waals surface area contributed by atoms with Gasteiger partial charge in [0.1, 0.15) is 11.5 Å². The van der Waals surface area contributed by atoms with E-state index < -0.39 is 5.95 Å². The van der Waals surface area contributed by atoms with Gasteiger partial charge in [0.2, 0.25) is 5.95 Å². The molecule has 0 aliphatic rings. The lowest BCUT2D eigenvalue weighted by Gasteiger charge is -2.08. The summed E-state index contributed by atoms with van der Waals surface area (Å²) in [5.74, 6) is -0.846. The monoisotopic (exact) mass is 328 g/mol. The molecule has 0 atom stereocenters. The number of aromatic nitrogens is 3. The highest BCUT2D eigenvalue weighted by Crippen LogP contribution is 2.31. The van der Waals surface area contributed by atoms with Crippen molar-refractivity contribution < 1.29 is 8.78 Å². The van der Waals surface area contributed by atoms with Gasteiger partial charge in [-0.25, -0.2) is 9.37 Å². The number of hydrogen-bond acceptors (Lipinski definition) is 3. The summed E-state index contributed by atoms with van der Waals surface area (Å²) in [7, 11) is 3.98. The predicted molar refractivity (Wildman–Crippen MR) is 89.4 cm³/mol. The van der Waals surface area contributed by atoms with E-state index in [0.717, 1.165) is 17.7 Å². The summed E-state index contributed by atoms with van der Waals surface area (Å²) >= 11 is 0. The average Bonchev–Trinajstić information content (AvgIpc) is 2.98. The molecule has 0 bridgehead atoms.